The molecule has 1 atom stereocenters. The van der Waals surface area contributed by atoms with Crippen LogP contribution in [0.25, 0.3) is 0 Å². The van der Waals surface area contributed by atoms with Gasteiger partial charge in [0.15, 0.2) is 0 Å². The summed E-state index contributed by atoms with van der Waals surface area (Å²) in [5, 5.41) is 3.65. The lowest BCUT2D eigenvalue weighted by molar-refractivity contribution is 0.481. The summed E-state index contributed by atoms with van der Waals surface area (Å²) < 4.78 is 1.18. The van der Waals surface area contributed by atoms with Gasteiger partial charge in [-0.3, -0.25) is 0 Å². The van der Waals surface area contributed by atoms with Crippen LogP contribution in [-0.4, -0.2) is 6.54 Å². The first-order chi connectivity index (χ1) is 7.31. The molecule has 1 fully saturated rings. The number of hydrogen-bond donors (Lipinski definition) is 1. The van der Waals surface area contributed by atoms with Crippen LogP contribution in [0, 0.1) is 5.92 Å². The van der Waals surface area contributed by atoms with Crippen LogP contribution in [0.3, 0.4) is 0 Å². The molecule has 1 N–H and O–H groups in total. The highest BCUT2D eigenvalue weighted by molar-refractivity contribution is 9.10. The zero-order chi connectivity index (χ0) is 10.7. The molecule has 15 heavy (non-hydrogen) atoms. The molecule has 1 aliphatic carbocycles. The Balaban J connectivity index is 2.09. The summed E-state index contributed by atoms with van der Waals surface area (Å²) in [4.78, 5) is 0. The van der Waals surface area contributed by atoms with Gasteiger partial charge in [0.1, 0.15) is 0 Å². The van der Waals surface area contributed by atoms with E-state index >= 15 is 0 Å². The van der Waals surface area contributed by atoms with E-state index in [1.165, 1.54) is 29.3 Å². The molecule has 2 heteroatoms. The molecule has 1 saturated carbocycles. The van der Waals surface area contributed by atoms with Crippen molar-refractivity contribution >= 4 is 15.9 Å². The van der Waals surface area contributed by atoms with E-state index in [4.69, 9.17) is 0 Å². The fourth-order valence-electron chi connectivity index (χ4n) is 1.99. The Hall–Kier alpha value is -0.340. The lowest BCUT2D eigenvalue weighted by Gasteiger charge is -2.18. The summed E-state index contributed by atoms with van der Waals surface area (Å²) in [6, 6.07) is 9.26. The largest absolute Gasteiger partial charge is 0.310 e. The average molecular weight is 268 g/mol. The van der Waals surface area contributed by atoms with E-state index in [1.807, 2.05) is 0 Å². The number of nitrogens with one attached hydrogen (secondary N) is 1. The summed E-state index contributed by atoms with van der Waals surface area (Å²) in [6.45, 7) is 3.34. The molecule has 0 radical (unpaired) electrons. The number of halogens is 1. The van der Waals surface area contributed by atoms with Crippen LogP contribution < -0.4 is 5.32 Å². The predicted octanol–water partition coefficient (Wildman–Crippen LogP) is 3.90. The lowest BCUT2D eigenvalue weighted by Crippen LogP contribution is -2.23. The van der Waals surface area contributed by atoms with Gasteiger partial charge in [0.25, 0.3) is 0 Å². The van der Waals surface area contributed by atoms with E-state index in [2.05, 4.69) is 52.4 Å². The van der Waals surface area contributed by atoms with Crippen LogP contribution in [0.15, 0.2) is 28.7 Å². The molecule has 0 spiro atoms. The number of benzene rings is 1. The summed E-state index contributed by atoms with van der Waals surface area (Å²) in [5.74, 6) is 0.867. The van der Waals surface area contributed by atoms with E-state index in [1.54, 1.807) is 0 Å². The van der Waals surface area contributed by atoms with Gasteiger partial charge in [-0.25, -0.2) is 0 Å². The fourth-order valence-corrected chi connectivity index (χ4v) is 2.40. The fraction of sp³-hybridized carbons (Fsp3) is 0.538. The van der Waals surface area contributed by atoms with Gasteiger partial charge in [-0.1, -0.05) is 35.0 Å². The van der Waals surface area contributed by atoms with Gasteiger partial charge in [0, 0.05) is 10.5 Å². The first-order valence-corrected chi connectivity index (χ1v) is 6.59. The second-order valence-corrected chi connectivity index (χ2v) is 5.24. The summed E-state index contributed by atoms with van der Waals surface area (Å²) >= 11 is 3.54. The summed E-state index contributed by atoms with van der Waals surface area (Å²) in [7, 11) is 0. The van der Waals surface area contributed by atoms with Crippen molar-refractivity contribution in [3.05, 3.63) is 34.3 Å². The maximum absolute atomic E-state index is 3.65. The third-order valence-corrected chi connectivity index (χ3v) is 3.41. The summed E-state index contributed by atoms with van der Waals surface area (Å²) in [5.41, 5.74) is 1.43. The molecule has 82 valence electrons. The Morgan fingerprint density at radius 3 is 2.87 bits per heavy atom. The minimum Gasteiger partial charge on any atom is -0.310 e. The highest BCUT2D eigenvalue weighted by Gasteiger charge is 2.31. The Morgan fingerprint density at radius 1 is 1.47 bits per heavy atom. The topological polar surface area (TPSA) is 12.0 Å². The van der Waals surface area contributed by atoms with Gasteiger partial charge in [0.05, 0.1) is 0 Å². The molecule has 1 aromatic rings. The molecule has 2 rings (SSSR count). The molecule has 1 aromatic carbocycles. The molecule has 0 heterocycles. The number of rotatable bonds is 5. The van der Waals surface area contributed by atoms with E-state index in [0.717, 1.165) is 12.5 Å². The molecule has 0 aromatic heterocycles. The molecule has 0 amide bonds. The van der Waals surface area contributed by atoms with Gasteiger partial charge in [-0.05, 0) is 49.4 Å². The second-order valence-electron chi connectivity index (χ2n) is 4.32. The predicted molar refractivity (Wildman–Crippen MR) is 67.9 cm³/mol. The minimum absolute atomic E-state index is 0.572. The Bertz CT molecular complexity index is 320. The third-order valence-electron chi connectivity index (χ3n) is 2.92. The van der Waals surface area contributed by atoms with Crippen molar-refractivity contribution in [2.24, 2.45) is 5.92 Å². The third kappa shape index (κ3) is 3.05. The monoisotopic (exact) mass is 267 g/mol. The normalized spacial score (nSPS) is 17.7. The zero-order valence-corrected chi connectivity index (χ0v) is 10.8. The van der Waals surface area contributed by atoms with Crippen molar-refractivity contribution in [1.82, 2.24) is 5.32 Å². The lowest BCUT2D eigenvalue weighted by atomic mass is 10.0. The quantitative estimate of drug-likeness (QED) is 0.854. The molecular formula is C13H18BrN. The molecule has 0 bridgehead atoms. The van der Waals surface area contributed by atoms with Crippen LogP contribution in [0.2, 0.25) is 0 Å². The summed E-state index contributed by atoms with van der Waals surface area (Å²) in [6.07, 6.45) is 3.97. The second kappa shape index (κ2) is 5.13. The van der Waals surface area contributed by atoms with Crippen molar-refractivity contribution in [3.8, 4) is 0 Å². The van der Waals surface area contributed by atoms with Crippen molar-refractivity contribution in [3.63, 3.8) is 0 Å². The molecule has 0 saturated heterocycles. The molecule has 0 aliphatic heterocycles. The molecule has 1 nitrogen and oxygen atoms in total. The van der Waals surface area contributed by atoms with Crippen LogP contribution >= 0.6 is 15.9 Å². The molecular weight excluding hydrogens is 250 g/mol. The van der Waals surface area contributed by atoms with Crippen molar-refractivity contribution in [1.29, 1.82) is 0 Å². The van der Waals surface area contributed by atoms with Crippen LogP contribution in [0.1, 0.15) is 37.8 Å². The maximum Gasteiger partial charge on any atom is 0.0349 e. The van der Waals surface area contributed by atoms with Crippen LogP contribution in [0.5, 0.6) is 0 Å². The SMILES string of the molecule is CCCNC(c1cccc(Br)c1)C1CC1. The van der Waals surface area contributed by atoms with Gasteiger partial charge in [-0.2, -0.15) is 0 Å². The standard InChI is InChI=1S/C13H18BrN/c1-2-8-15-13(10-6-7-10)11-4-3-5-12(14)9-11/h3-5,9-10,13,15H,2,6-8H2,1H3. The Labute approximate surface area is 100 Å². The van der Waals surface area contributed by atoms with Gasteiger partial charge in [-0.15, -0.1) is 0 Å². The maximum atomic E-state index is 3.65. The van der Waals surface area contributed by atoms with Gasteiger partial charge < -0.3 is 5.32 Å². The van der Waals surface area contributed by atoms with E-state index in [-0.39, 0.29) is 0 Å². The van der Waals surface area contributed by atoms with Gasteiger partial charge >= 0.3 is 0 Å². The minimum atomic E-state index is 0.572. The molecule has 1 unspecified atom stereocenters. The van der Waals surface area contributed by atoms with Gasteiger partial charge in [0.2, 0.25) is 0 Å². The smallest absolute Gasteiger partial charge is 0.0349 e. The Morgan fingerprint density at radius 2 is 2.27 bits per heavy atom. The van der Waals surface area contributed by atoms with Crippen molar-refractivity contribution in [2.75, 3.05) is 6.54 Å². The van der Waals surface area contributed by atoms with E-state index in [9.17, 15) is 0 Å². The Kier molecular flexibility index (Phi) is 3.81. The van der Waals surface area contributed by atoms with Crippen LogP contribution in [0.4, 0.5) is 0 Å². The molecule has 1 aliphatic rings. The van der Waals surface area contributed by atoms with E-state index in [0.29, 0.717) is 6.04 Å². The number of hydrogen-bond acceptors (Lipinski definition) is 1. The highest BCUT2D eigenvalue weighted by atomic mass is 79.9. The highest BCUT2D eigenvalue weighted by Crippen LogP contribution is 2.41. The average Bonchev–Trinajstić information content (AvgIpc) is 3.03. The van der Waals surface area contributed by atoms with Crippen molar-refractivity contribution in [2.45, 2.75) is 32.2 Å². The van der Waals surface area contributed by atoms with Crippen molar-refractivity contribution < 1.29 is 0 Å². The zero-order valence-electron chi connectivity index (χ0n) is 9.17. The first-order valence-electron chi connectivity index (χ1n) is 5.80. The van der Waals surface area contributed by atoms with E-state index < -0.39 is 0 Å². The van der Waals surface area contributed by atoms with Crippen LogP contribution in [-0.2, 0) is 0 Å². The first kappa shape index (κ1) is 11.2.